The fourth-order valence-electron chi connectivity index (χ4n) is 2.77. The maximum absolute atomic E-state index is 11.6. The molecule has 1 saturated carbocycles. The number of hydrogen-bond acceptors (Lipinski definition) is 2. The summed E-state index contributed by atoms with van der Waals surface area (Å²) >= 11 is 0. The Morgan fingerprint density at radius 1 is 1.42 bits per heavy atom. The Labute approximate surface area is 112 Å². The largest absolute Gasteiger partial charge is 0.481 e. The van der Waals surface area contributed by atoms with Crippen LogP contribution in [0.4, 0.5) is 0 Å². The fourth-order valence-corrected chi connectivity index (χ4v) is 2.77. The lowest BCUT2D eigenvalue weighted by atomic mass is 9.79. The Bertz CT molecular complexity index is 633. The third-order valence-electron chi connectivity index (χ3n) is 4.21. The van der Waals surface area contributed by atoms with Crippen LogP contribution >= 0.6 is 0 Å². The molecule has 1 atom stereocenters. The molecule has 1 fully saturated rings. The van der Waals surface area contributed by atoms with E-state index in [2.05, 4.69) is 11.1 Å². The second-order valence-corrected chi connectivity index (χ2v) is 5.70. The summed E-state index contributed by atoms with van der Waals surface area (Å²) in [5.41, 5.74) is 1.41. The van der Waals surface area contributed by atoms with Crippen molar-refractivity contribution in [2.45, 2.75) is 26.2 Å². The molecule has 1 heterocycles. The summed E-state index contributed by atoms with van der Waals surface area (Å²) in [6.07, 6.45) is 4.45. The zero-order chi connectivity index (χ0) is 13.5. The number of aromatic nitrogens is 1. The number of fused-ring (bicyclic) bond motifs is 1. The molecule has 3 heteroatoms. The van der Waals surface area contributed by atoms with Gasteiger partial charge in [-0.3, -0.25) is 9.78 Å². The minimum absolute atomic E-state index is 0.328. The van der Waals surface area contributed by atoms with Gasteiger partial charge in [-0.05, 0) is 55.9 Å². The summed E-state index contributed by atoms with van der Waals surface area (Å²) < 4.78 is 0. The van der Waals surface area contributed by atoms with Crippen LogP contribution in [0.25, 0.3) is 10.9 Å². The summed E-state index contributed by atoms with van der Waals surface area (Å²) in [6.45, 7) is 1.88. The molecule has 1 aliphatic rings. The molecule has 1 aromatic heterocycles. The van der Waals surface area contributed by atoms with Gasteiger partial charge in [-0.15, -0.1) is 0 Å². The van der Waals surface area contributed by atoms with Gasteiger partial charge in [0.1, 0.15) is 0 Å². The number of nitrogens with zero attached hydrogens (tertiary/aromatic N) is 1. The number of hydrogen-bond donors (Lipinski definition) is 1. The van der Waals surface area contributed by atoms with E-state index in [0.717, 1.165) is 29.3 Å². The number of aliphatic carboxylic acids is 1. The highest BCUT2D eigenvalue weighted by atomic mass is 16.4. The predicted octanol–water partition coefficient (Wildman–Crippen LogP) is 3.28. The average Bonchev–Trinajstić information content (AvgIpc) is 3.23. The number of benzene rings is 1. The van der Waals surface area contributed by atoms with E-state index in [1.165, 1.54) is 0 Å². The SMILES string of the molecule is CC(Cc1ccc2ncccc2c1)(C(=O)O)C1CC1. The van der Waals surface area contributed by atoms with Crippen LogP contribution in [0.1, 0.15) is 25.3 Å². The summed E-state index contributed by atoms with van der Waals surface area (Å²) in [6, 6.07) is 9.95. The van der Waals surface area contributed by atoms with Crippen molar-refractivity contribution < 1.29 is 9.90 Å². The average molecular weight is 255 g/mol. The van der Waals surface area contributed by atoms with Crippen LogP contribution in [0.15, 0.2) is 36.5 Å². The molecule has 1 aliphatic carbocycles. The smallest absolute Gasteiger partial charge is 0.309 e. The van der Waals surface area contributed by atoms with E-state index in [9.17, 15) is 9.90 Å². The fraction of sp³-hybridized carbons (Fsp3) is 0.375. The van der Waals surface area contributed by atoms with Gasteiger partial charge in [0, 0.05) is 11.6 Å². The predicted molar refractivity (Wildman–Crippen MR) is 73.9 cm³/mol. The third kappa shape index (κ3) is 2.21. The molecular weight excluding hydrogens is 238 g/mol. The number of rotatable bonds is 4. The summed E-state index contributed by atoms with van der Waals surface area (Å²) in [4.78, 5) is 15.8. The summed E-state index contributed by atoms with van der Waals surface area (Å²) in [5.74, 6) is -0.351. The van der Waals surface area contributed by atoms with Crippen LogP contribution in [0, 0.1) is 11.3 Å². The van der Waals surface area contributed by atoms with Crippen molar-refractivity contribution in [3.05, 3.63) is 42.1 Å². The zero-order valence-electron chi connectivity index (χ0n) is 11.0. The van der Waals surface area contributed by atoms with Gasteiger partial charge < -0.3 is 5.11 Å². The second-order valence-electron chi connectivity index (χ2n) is 5.70. The maximum atomic E-state index is 11.6. The first-order valence-corrected chi connectivity index (χ1v) is 6.67. The van der Waals surface area contributed by atoms with Crippen LogP contribution in [-0.2, 0) is 11.2 Å². The Morgan fingerprint density at radius 3 is 2.89 bits per heavy atom. The molecule has 3 rings (SSSR count). The second kappa shape index (κ2) is 4.34. The van der Waals surface area contributed by atoms with E-state index in [1.54, 1.807) is 6.20 Å². The van der Waals surface area contributed by atoms with Crippen LogP contribution in [0.3, 0.4) is 0 Å². The van der Waals surface area contributed by atoms with Gasteiger partial charge in [0.15, 0.2) is 0 Å². The maximum Gasteiger partial charge on any atom is 0.309 e. The molecule has 0 aliphatic heterocycles. The first-order valence-electron chi connectivity index (χ1n) is 6.67. The van der Waals surface area contributed by atoms with Crippen molar-refractivity contribution >= 4 is 16.9 Å². The van der Waals surface area contributed by atoms with Crippen molar-refractivity contribution in [3.8, 4) is 0 Å². The minimum Gasteiger partial charge on any atom is -0.481 e. The highest BCUT2D eigenvalue weighted by Gasteiger charge is 2.47. The number of carboxylic acid groups (broad SMARTS) is 1. The van der Waals surface area contributed by atoms with Crippen LogP contribution in [0.2, 0.25) is 0 Å². The standard InChI is InChI=1S/C16H17NO2/c1-16(15(18)19,13-5-6-13)10-11-4-7-14-12(9-11)3-2-8-17-14/h2-4,7-9,13H,5-6,10H2,1H3,(H,18,19). The first kappa shape index (κ1) is 12.2. The molecule has 19 heavy (non-hydrogen) atoms. The first-order chi connectivity index (χ1) is 9.09. The molecule has 0 bridgehead atoms. The van der Waals surface area contributed by atoms with E-state index in [1.807, 2.05) is 31.2 Å². The lowest BCUT2D eigenvalue weighted by molar-refractivity contribution is -0.149. The lowest BCUT2D eigenvalue weighted by Crippen LogP contribution is -2.32. The molecule has 2 aromatic rings. The van der Waals surface area contributed by atoms with Crippen molar-refractivity contribution in [2.24, 2.45) is 11.3 Å². The van der Waals surface area contributed by atoms with E-state index in [-0.39, 0.29) is 0 Å². The van der Waals surface area contributed by atoms with E-state index < -0.39 is 11.4 Å². The number of carbonyl (C=O) groups is 1. The molecular formula is C16H17NO2. The van der Waals surface area contributed by atoms with Gasteiger partial charge in [-0.25, -0.2) is 0 Å². The van der Waals surface area contributed by atoms with Crippen LogP contribution < -0.4 is 0 Å². The molecule has 0 radical (unpaired) electrons. The van der Waals surface area contributed by atoms with Crippen molar-refractivity contribution in [1.82, 2.24) is 4.98 Å². The normalized spacial score (nSPS) is 18.2. The molecule has 1 unspecified atom stereocenters. The van der Waals surface area contributed by atoms with Crippen molar-refractivity contribution in [2.75, 3.05) is 0 Å². The Kier molecular flexibility index (Phi) is 2.77. The molecule has 3 nitrogen and oxygen atoms in total. The minimum atomic E-state index is -0.679. The Hall–Kier alpha value is -1.90. The molecule has 0 spiro atoms. The van der Waals surface area contributed by atoms with Crippen LogP contribution in [0.5, 0.6) is 0 Å². The molecule has 98 valence electrons. The van der Waals surface area contributed by atoms with Crippen LogP contribution in [-0.4, -0.2) is 16.1 Å². The summed E-state index contributed by atoms with van der Waals surface area (Å²) in [7, 11) is 0. The van der Waals surface area contributed by atoms with Gasteiger partial charge in [-0.1, -0.05) is 12.1 Å². The lowest BCUT2D eigenvalue weighted by Gasteiger charge is -2.24. The topological polar surface area (TPSA) is 50.2 Å². The van der Waals surface area contributed by atoms with Crippen molar-refractivity contribution in [3.63, 3.8) is 0 Å². The zero-order valence-corrected chi connectivity index (χ0v) is 11.0. The van der Waals surface area contributed by atoms with E-state index in [4.69, 9.17) is 0 Å². The summed E-state index contributed by atoms with van der Waals surface area (Å²) in [5, 5.41) is 10.6. The van der Waals surface area contributed by atoms with Gasteiger partial charge in [-0.2, -0.15) is 0 Å². The third-order valence-corrected chi connectivity index (χ3v) is 4.21. The van der Waals surface area contributed by atoms with E-state index in [0.29, 0.717) is 12.3 Å². The monoisotopic (exact) mass is 255 g/mol. The van der Waals surface area contributed by atoms with E-state index >= 15 is 0 Å². The number of carboxylic acids is 1. The Balaban J connectivity index is 1.93. The van der Waals surface area contributed by atoms with Gasteiger partial charge in [0.2, 0.25) is 0 Å². The quantitative estimate of drug-likeness (QED) is 0.912. The molecule has 0 saturated heterocycles. The molecule has 1 aromatic carbocycles. The van der Waals surface area contributed by atoms with Gasteiger partial charge >= 0.3 is 5.97 Å². The molecule has 1 N–H and O–H groups in total. The molecule has 0 amide bonds. The van der Waals surface area contributed by atoms with Crippen molar-refractivity contribution in [1.29, 1.82) is 0 Å². The highest BCUT2D eigenvalue weighted by molar-refractivity contribution is 5.80. The van der Waals surface area contributed by atoms with Gasteiger partial charge in [0.05, 0.1) is 10.9 Å². The highest BCUT2D eigenvalue weighted by Crippen LogP contribution is 2.47. The van der Waals surface area contributed by atoms with Gasteiger partial charge in [0.25, 0.3) is 0 Å². The number of pyridine rings is 1. The Morgan fingerprint density at radius 2 is 2.21 bits per heavy atom.